The average molecular weight is 225 g/mol. The van der Waals surface area contributed by atoms with Gasteiger partial charge in [0.2, 0.25) is 0 Å². The van der Waals surface area contributed by atoms with Crippen molar-refractivity contribution in [1.29, 1.82) is 0 Å². The van der Waals surface area contributed by atoms with Crippen molar-refractivity contribution < 1.29 is 23.1 Å². The van der Waals surface area contributed by atoms with Crippen molar-refractivity contribution in [2.75, 3.05) is 0 Å². The van der Waals surface area contributed by atoms with Gasteiger partial charge in [0.05, 0.1) is 16.1 Å². The number of phenols is 1. The summed E-state index contributed by atoms with van der Waals surface area (Å²) in [7, 11) is 0. The fraction of sp³-hybridized carbons (Fsp3) is 0.125. The van der Waals surface area contributed by atoms with Gasteiger partial charge in [-0.05, 0) is 12.1 Å². The molecule has 0 saturated carbocycles. The highest BCUT2D eigenvalue weighted by atomic mass is 35.5. The number of carbonyl (C=O) groups is 1. The molecule has 1 aromatic rings. The molecule has 0 aliphatic carbocycles. The lowest BCUT2D eigenvalue weighted by atomic mass is 10.1. The third-order valence-corrected chi connectivity index (χ3v) is 1.90. The van der Waals surface area contributed by atoms with Crippen LogP contribution in [0, 0.1) is 0 Å². The van der Waals surface area contributed by atoms with E-state index >= 15 is 0 Å². The molecule has 0 spiro atoms. The Kier molecular flexibility index (Phi) is 2.71. The summed E-state index contributed by atoms with van der Waals surface area (Å²) in [4.78, 5) is 10.3. The van der Waals surface area contributed by atoms with Gasteiger partial charge in [-0.25, -0.2) is 0 Å². The SMILES string of the molecule is O=Cc1c(C(F)(F)F)ccc(Cl)c1O. The normalized spacial score (nSPS) is 11.4. The van der Waals surface area contributed by atoms with E-state index in [1.165, 1.54) is 0 Å². The van der Waals surface area contributed by atoms with Gasteiger partial charge in [0.1, 0.15) is 5.75 Å². The second-order valence-electron chi connectivity index (χ2n) is 2.47. The number of halogens is 4. The molecule has 0 aliphatic rings. The Morgan fingerprint density at radius 3 is 2.36 bits per heavy atom. The zero-order valence-electron chi connectivity index (χ0n) is 6.60. The number of phenolic OH excluding ortho intramolecular Hbond substituents is 1. The number of carbonyl (C=O) groups excluding carboxylic acids is 1. The molecule has 0 fully saturated rings. The first kappa shape index (κ1) is 10.8. The number of rotatable bonds is 1. The zero-order chi connectivity index (χ0) is 10.9. The van der Waals surface area contributed by atoms with Crippen LogP contribution in [0.2, 0.25) is 5.02 Å². The van der Waals surface area contributed by atoms with Crippen LogP contribution in [0.3, 0.4) is 0 Å². The number of hydrogen-bond donors (Lipinski definition) is 1. The highest BCUT2D eigenvalue weighted by molar-refractivity contribution is 6.32. The lowest BCUT2D eigenvalue weighted by Crippen LogP contribution is -2.08. The highest BCUT2D eigenvalue weighted by Crippen LogP contribution is 2.37. The molecule has 2 nitrogen and oxygen atoms in total. The maximum absolute atomic E-state index is 12.2. The van der Waals surface area contributed by atoms with Crippen molar-refractivity contribution >= 4 is 17.9 Å². The molecule has 0 aliphatic heterocycles. The van der Waals surface area contributed by atoms with Gasteiger partial charge in [0, 0.05) is 0 Å². The maximum Gasteiger partial charge on any atom is 0.417 e. The average Bonchev–Trinajstić information content (AvgIpc) is 2.07. The van der Waals surface area contributed by atoms with Crippen molar-refractivity contribution in [2.24, 2.45) is 0 Å². The van der Waals surface area contributed by atoms with Crippen molar-refractivity contribution in [3.63, 3.8) is 0 Å². The summed E-state index contributed by atoms with van der Waals surface area (Å²) in [6.07, 6.45) is -4.76. The second kappa shape index (κ2) is 3.49. The van der Waals surface area contributed by atoms with Crippen LogP contribution in [0.15, 0.2) is 12.1 Å². The highest BCUT2D eigenvalue weighted by Gasteiger charge is 2.34. The molecule has 0 radical (unpaired) electrons. The fourth-order valence-electron chi connectivity index (χ4n) is 0.948. The van der Waals surface area contributed by atoms with E-state index in [9.17, 15) is 18.0 Å². The first-order valence-electron chi connectivity index (χ1n) is 3.41. The van der Waals surface area contributed by atoms with E-state index in [4.69, 9.17) is 16.7 Å². The Morgan fingerprint density at radius 1 is 1.36 bits per heavy atom. The number of benzene rings is 1. The van der Waals surface area contributed by atoms with Crippen LogP contribution in [-0.2, 0) is 6.18 Å². The molecular weight excluding hydrogens is 221 g/mol. The van der Waals surface area contributed by atoms with E-state index in [1.54, 1.807) is 0 Å². The van der Waals surface area contributed by atoms with Crippen molar-refractivity contribution in [2.45, 2.75) is 6.18 Å². The topological polar surface area (TPSA) is 37.3 Å². The van der Waals surface area contributed by atoms with Crippen LogP contribution in [0.1, 0.15) is 15.9 Å². The van der Waals surface area contributed by atoms with Gasteiger partial charge in [-0.1, -0.05) is 11.6 Å². The van der Waals surface area contributed by atoms with E-state index in [0.717, 1.165) is 6.07 Å². The lowest BCUT2D eigenvalue weighted by Gasteiger charge is -2.10. The molecule has 0 amide bonds. The predicted octanol–water partition coefficient (Wildman–Crippen LogP) is 2.88. The van der Waals surface area contributed by atoms with Gasteiger partial charge in [-0.3, -0.25) is 4.79 Å². The smallest absolute Gasteiger partial charge is 0.417 e. The molecule has 1 aromatic carbocycles. The molecule has 0 saturated heterocycles. The lowest BCUT2D eigenvalue weighted by molar-refractivity contribution is -0.137. The molecule has 0 unspecified atom stereocenters. The van der Waals surface area contributed by atoms with Gasteiger partial charge >= 0.3 is 6.18 Å². The van der Waals surface area contributed by atoms with Crippen LogP contribution in [0.25, 0.3) is 0 Å². The van der Waals surface area contributed by atoms with Crippen LogP contribution < -0.4 is 0 Å². The molecule has 0 bridgehead atoms. The summed E-state index contributed by atoms with van der Waals surface area (Å²) < 4.78 is 36.7. The summed E-state index contributed by atoms with van der Waals surface area (Å²) in [5, 5.41) is 8.79. The number of hydrogen-bond acceptors (Lipinski definition) is 2. The quantitative estimate of drug-likeness (QED) is 0.745. The minimum Gasteiger partial charge on any atom is -0.506 e. The first-order valence-corrected chi connectivity index (χ1v) is 3.79. The van der Waals surface area contributed by atoms with E-state index < -0.39 is 23.1 Å². The van der Waals surface area contributed by atoms with Crippen molar-refractivity contribution in [1.82, 2.24) is 0 Å². The van der Waals surface area contributed by atoms with Gasteiger partial charge in [0.15, 0.2) is 6.29 Å². The Bertz CT molecular complexity index is 374. The summed E-state index contributed by atoms with van der Waals surface area (Å²) in [5.74, 6) is -0.850. The summed E-state index contributed by atoms with van der Waals surface area (Å²) in [6, 6.07) is 1.53. The molecule has 1 N–H and O–H groups in total. The van der Waals surface area contributed by atoms with Gasteiger partial charge < -0.3 is 5.11 Å². The standard InChI is InChI=1S/C8H4ClF3O2/c9-6-2-1-5(8(10,11)12)4(3-13)7(6)14/h1-3,14H. The van der Waals surface area contributed by atoms with Crippen LogP contribution in [0.5, 0.6) is 5.75 Å². The molecule has 0 aromatic heterocycles. The van der Waals surface area contributed by atoms with Crippen molar-refractivity contribution in [3.8, 4) is 5.75 Å². The Balaban J connectivity index is 3.47. The van der Waals surface area contributed by atoms with E-state index in [1.807, 2.05) is 0 Å². The van der Waals surface area contributed by atoms with E-state index in [0.29, 0.717) is 6.07 Å². The Labute approximate surface area is 81.9 Å². The van der Waals surface area contributed by atoms with E-state index in [2.05, 4.69) is 0 Å². The largest absolute Gasteiger partial charge is 0.506 e. The van der Waals surface area contributed by atoms with Gasteiger partial charge in [-0.15, -0.1) is 0 Å². The van der Waals surface area contributed by atoms with E-state index in [-0.39, 0.29) is 11.3 Å². The molecule has 1 rings (SSSR count). The summed E-state index contributed by atoms with van der Waals surface area (Å²) in [6.45, 7) is 0. The monoisotopic (exact) mass is 224 g/mol. The number of aromatic hydroxyl groups is 1. The van der Waals surface area contributed by atoms with Crippen molar-refractivity contribution in [3.05, 3.63) is 28.3 Å². The number of alkyl halides is 3. The fourth-order valence-corrected chi connectivity index (χ4v) is 1.11. The first-order chi connectivity index (χ1) is 6.38. The third-order valence-electron chi connectivity index (χ3n) is 1.59. The minimum absolute atomic E-state index is 0.0793. The Hall–Kier alpha value is -1.23. The van der Waals surface area contributed by atoms with Gasteiger partial charge in [-0.2, -0.15) is 13.2 Å². The molecule has 76 valence electrons. The predicted molar refractivity (Wildman–Crippen MR) is 43.5 cm³/mol. The molecule has 6 heteroatoms. The molecule has 0 heterocycles. The molecule has 14 heavy (non-hydrogen) atoms. The molecule has 0 atom stereocenters. The number of aldehydes is 1. The summed E-state index contributed by atoms with van der Waals surface area (Å²) in [5.41, 5.74) is -2.04. The zero-order valence-corrected chi connectivity index (χ0v) is 7.36. The minimum atomic E-state index is -4.68. The second-order valence-corrected chi connectivity index (χ2v) is 2.88. The van der Waals surface area contributed by atoms with Crippen LogP contribution >= 0.6 is 11.6 Å². The van der Waals surface area contributed by atoms with Gasteiger partial charge in [0.25, 0.3) is 0 Å². The third kappa shape index (κ3) is 1.82. The van der Waals surface area contributed by atoms with Crippen LogP contribution in [0.4, 0.5) is 13.2 Å². The maximum atomic E-state index is 12.2. The Morgan fingerprint density at radius 2 is 1.93 bits per heavy atom. The molecular formula is C8H4ClF3O2. The van der Waals surface area contributed by atoms with Crippen LogP contribution in [-0.4, -0.2) is 11.4 Å². The summed E-state index contributed by atoms with van der Waals surface area (Å²) >= 11 is 5.34.